The van der Waals surface area contributed by atoms with E-state index in [-0.39, 0.29) is 24.1 Å². The maximum atomic E-state index is 11.3. The number of benzene rings is 1. The van der Waals surface area contributed by atoms with Crippen molar-refractivity contribution in [2.24, 2.45) is 0 Å². The zero-order valence-corrected chi connectivity index (χ0v) is 9.42. The van der Waals surface area contributed by atoms with Crippen LogP contribution in [0.5, 0.6) is 5.75 Å². The summed E-state index contributed by atoms with van der Waals surface area (Å²) >= 11 is 0. The van der Waals surface area contributed by atoms with E-state index in [0.717, 1.165) is 12.8 Å². The Bertz CT molecular complexity index is 295. The highest BCUT2D eigenvalue weighted by molar-refractivity contribution is 5.89. The third-order valence-corrected chi connectivity index (χ3v) is 1.83. The second-order valence-electron chi connectivity index (χ2n) is 3.04. The Labute approximate surface area is 95.5 Å². The lowest BCUT2D eigenvalue weighted by atomic mass is 10.2. The second kappa shape index (κ2) is 7.12. The van der Waals surface area contributed by atoms with Gasteiger partial charge in [0.1, 0.15) is 5.75 Å². The average molecular weight is 231 g/mol. The highest BCUT2D eigenvalue weighted by Crippen LogP contribution is 2.10. The Morgan fingerprint density at radius 1 is 1.33 bits per heavy atom. The molecule has 0 bridgehead atoms. The van der Waals surface area contributed by atoms with E-state index in [1.54, 1.807) is 12.1 Å². The number of halogens is 1. The first-order valence-electron chi connectivity index (χ1n) is 4.70. The summed E-state index contributed by atoms with van der Waals surface area (Å²) in [6.07, 6.45) is 1.88. The van der Waals surface area contributed by atoms with E-state index in [1.807, 2.05) is 6.92 Å². The highest BCUT2D eigenvalue weighted by atomic mass is 35.5. The number of carbonyl (C=O) groups excluding carboxylic acids is 1. The molecule has 0 unspecified atom stereocenters. The Kier molecular flexibility index (Phi) is 6.54. The molecule has 0 aromatic heterocycles. The Balaban J connectivity index is 0.00000196. The van der Waals surface area contributed by atoms with Crippen LogP contribution in [0.1, 0.15) is 30.1 Å². The minimum absolute atomic E-state index is 0. The van der Waals surface area contributed by atoms with Gasteiger partial charge in [0.15, 0.2) is 0 Å². The average Bonchev–Trinajstić information content (AvgIpc) is 2.19. The number of ether oxygens (including phenoxy) is 1. The zero-order valence-electron chi connectivity index (χ0n) is 8.60. The molecule has 0 heterocycles. The summed E-state index contributed by atoms with van der Waals surface area (Å²) in [6.45, 7) is 2.49. The van der Waals surface area contributed by atoms with Crippen molar-refractivity contribution >= 4 is 18.4 Å². The SMILES string of the molecule is CCCCOC(=O)c1ccc(O)cc1.Cl. The molecule has 1 N–H and O–H groups in total. The molecular weight excluding hydrogens is 216 g/mol. The molecule has 0 saturated heterocycles. The van der Waals surface area contributed by atoms with Crippen LogP contribution < -0.4 is 0 Å². The standard InChI is InChI=1S/C11H14O3.ClH/c1-2-3-8-14-11(13)9-4-6-10(12)7-5-9;/h4-7,12H,2-3,8H2,1H3;1H. The topological polar surface area (TPSA) is 46.5 Å². The fourth-order valence-corrected chi connectivity index (χ4v) is 0.990. The van der Waals surface area contributed by atoms with Gasteiger partial charge in [-0.25, -0.2) is 4.79 Å². The van der Waals surface area contributed by atoms with Crippen molar-refractivity contribution in [2.75, 3.05) is 6.61 Å². The lowest BCUT2D eigenvalue weighted by molar-refractivity contribution is 0.0500. The molecule has 0 aliphatic rings. The molecule has 0 aliphatic carbocycles. The van der Waals surface area contributed by atoms with E-state index in [0.29, 0.717) is 12.2 Å². The van der Waals surface area contributed by atoms with E-state index in [4.69, 9.17) is 9.84 Å². The molecular formula is C11H15ClO3. The van der Waals surface area contributed by atoms with Crippen LogP contribution in [-0.4, -0.2) is 17.7 Å². The summed E-state index contributed by atoms with van der Waals surface area (Å²) in [4.78, 5) is 11.3. The van der Waals surface area contributed by atoms with Crippen LogP contribution in [0.2, 0.25) is 0 Å². The van der Waals surface area contributed by atoms with Gasteiger partial charge in [-0.05, 0) is 30.7 Å². The summed E-state index contributed by atoms with van der Waals surface area (Å²) in [6, 6.07) is 6.03. The van der Waals surface area contributed by atoms with Crippen molar-refractivity contribution in [2.45, 2.75) is 19.8 Å². The van der Waals surface area contributed by atoms with Crippen molar-refractivity contribution in [3.05, 3.63) is 29.8 Å². The quantitative estimate of drug-likeness (QED) is 0.639. The van der Waals surface area contributed by atoms with E-state index >= 15 is 0 Å². The molecule has 0 fully saturated rings. The molecule has 84 valence electrons. The van der Waals surface area contributed by atoms with Gasteiger partial charge in [0.2, 0.25) is 0 Å². The van der Waals surface area contributed by atoms with E-state index in [1.165, 1.54) is 12.1 Å². The van der Waals surface area contributed by atoms with Gasteiger partial charge in [-0.3, -0.25) is 0 Å². The van der Waals surface area contributed by atoms with Crippen molar-refractivity contribution in [3.63, 3.8) is 0 Å². The van der Waals surface area contributed by atoms with Gasteiger partial charge in [0, 0.05) is 0 Å². The number of hydrogen-bond donors (Lipinski definition) is 1. The van der Waals surface area contributed by atoms with Gasteiger partial charge in [0.25, 0.3) is 0 Å². The number of unbranched alkanes of at least 4 members (excludes halogenated alkanes) is 1. The number of esters is 1. The van der Waals surface area contributed by atoms with Crippen molar-refractivity contribution in [3.8, 4) is 5.75 Å². The minimum Gasteiger partial charge on any atom is -0.508 e. The van der Waals surface area contributed by atoms with Crippen LogP contribution in [-0.2, 0) is 4.74 Å². The molecule has 0 saturated carbocycles. The van der Waals surface area contributed by atoms with Gasteiger partial charge >= 0.3 is 5.97 Å². The minimum atomic E-state index is -0.335. The maximum Gasteiger partial charge on any atom is 0.338 e. The number of aromatic hydroxyl groups is 1. The molecule has 1 aromatic carbocycles. The summed E-state index contributed by atoms with van der Waals surface area (Å²) in [5.74, 6) is -0.187. The van der Waals surface area contributed by atoms with Crippen LogP contribution in [0, 0.1) is 0 Å². The van der Waals surface area contributed by atoms with Crippen molar-refractivity contribution in [1.82, 2.24) is 0 Å². The number of rotatable bonds is 4. The van der Waals surface area contributed by atoms with Gasteiger partial charge in [0.05, 0.1) is 12.2 Å². The summed E-state index contributed by atoms with van der Waals surface area (Å²) < 4.78 is 4.99. The van der Waals surface area contributed by atoms with Crippen LogP contribution in [0.3, 0.4) is 0 Å². The van der Waals surface area contributed by atoms with Crippen LogP contribution in [0.4, 0.5) is 0 Å². The first-order chi connectivity index (χ1) is 6.74. The Hall–Kier alpha value is -1.22. The lowest BCUT2D eigenvalue weighted by Crippen LogP contribution is -2.05. The maximum absolute atomic E-state index is 11.3. The number of carbonyl (C=O) groups is 1. The third-order valence-electron chi connectivity index (χ3n) is 1.83. The molecule has 15 heavy (non-hydrogen) atoms. The van der Waals surface area contributed by atoms with Gasteiger partial charge in [-0.2, -0.15) is 0 Å². The number of hydrogen-bond acceptors (Lipinski definition) is 3. The molecule has 1 aromatic rings. The van der Waals surface area contributed by atoms with Crippen LogP contribution >= 0.6 is 12.4 Å². The molecule has 4 heteroatoms. The van der Waals surface area contributed by atoms with Gasteiger partial charge in [-0.15, -0.1) is 12.4 Å². The molecule has 0 spiro atoms. The fourth-order valence-electron chi connectivity index (χ4n) is 0.990. The predicted molar refractivity (Wildman–Crippen MR) is 60.5 cm³/mol. The monoisotopic (exact) mass is 230 g/mol. The van der Waals surface area contributed by atoms with Crippen molar-refractivity contribution < 1.29 is 14.6 Å². The van der Waals surface area contributed by atoms with E-state index in [9.17, 15) is 4.79 Å². The first kappa shape index (κ1) is 13.8. The Morgan fingerprint density at radius 3 is 2.47 bits per heavy atom. The third kappa shape index (κ3) is 4.70. The highest BCUT2D eigenvalue weighted by Gasteiger charge is 2.05. The zero-order chi connectivity index (χ0) is 10.4. The molecule has 3 nitrogen and oxygen atoms in total. The molecule has 0 amide bonds. The summed E-state index contributed by atoms with van der Waals surface area (Å²) in [5.41, 5.74) is 0.471. The Morgan fingerprint density at radius 2 is 1.93 bits per heavy atom. The number of phenolic OH excluding ortho intramolecular Hbond substituents is 1. The van der Waals surface area contributed by atoms with Crippen molar-refractivity contribution in [1.29, 1.82) is 0 Å². The first-order valence-corrected chi connectivity index (χ1v) is 4.70. The molecule has 0 aliphatic heterocycles. The normalized spacial score (nSPS) is 9.13. The summed E-state index contributed by atoms with van der Waals surface area (Å²) in [5, 5.41) is 9.00. The largest absolute Gasteiger partial charge is 0.508 e. The van der Waals surface area contributed by atoms with Gasteiger partial charge < -0.3 is 9.84 Å². The smallest absolute Gasteiger partial charge is 0.338 e. The predicted octanol–water partition coefficient (Wildman–Crippen LogP) is 2.77. The molecule has 0 atom stereocenters. The van der Waals surface area contributed by atoms with Gasteiger partial charge in [-0.1, -0.05) is 13.3 Å². The summed E-state index contributed by atoms with van der Waals surface area (Å²) in [7, 11) is 0. The number of phenols is 1. The van der Waals surface area contributed by atoms with E-state index in [2.05, 4.69) is 0 Å². The van der Waals surface area contributed by atoms with E-state index < -0.39 is 0 Å². The van der Waals surface area contributed by atoms with Crippen LogP contribution in [0.25, 0.3) is 0 Å². The molecule has 1 rings (SSSR count). The second-order valence-corrected chi connectivity index (χ2v) is 3.04. The lowest BCUT2D eigenvalue weighted by Gasteiger charge is -2.03. The molecule has 0 radical (unpaired) electrons. The fraction of sp³-hybridized carbons (Fsp3) is 0.364. The van der Waals surface area contributed by atoms with Crippen LogP contribution in [0.15, 0.2) is 24.3 Å².